The molecule has 1 atom stereocenters. The molecule has 0 fully saturated rings. The Hall–Kier alpha value is -3.00. The SMILES string of the molecule is COc1cc2nc(CN[C@@H](C)c3ccc(F)cc3F)[nH]c(=O)c2cc1OC. The van der Waals surface area contributed by atoms with Gasteiger partial charge >= 0.3 is 0 Å². The molecule has 0 spiro atoms. The number of hydrogen-bond donors (Lipinski definition) is 2. The van der Waals surface area contributed by atoms with Gasteiger partial charge < -0.3 is 19.8 Å². The second kappa shape index (κ2) is 7.71. The first kappa shape index (κ1) is 18.8. The first-order chi connectivity index (χ1) is 12.9. The second-order valence-corrected chi connectivity index (χ2v) is 6.01. The van der Waals surface area contributed by atoms with Crippen LogP contribution in [0.25, 0.3) is 10.9 Å². The number of fused-ring (bicyclic) bond motifs is 1. The van der Waals surface area contributed by atoms with Crippen LogP contribution in [0.5, 0.6) is 11.5 Å². The van der Waals surface area contributed by atoms with Gasteiger partial charge in [0, 0.05) is 23.7 Å². The summed E-state index contributed by atoms with van der Waals surface area (Å²) in [5, 5.41) is 3.44. The van der Waals surface area contributed by atoms with Crippen molar-refractivity contribution in [1.82, 2.24) is 15.3 Å². The van der Waals surface area contributed by atoms with Crippen molar-refractivity contribution in [3.8, 4) is 11.5 Å². The molecule has 1 heterocycles. The number of methoxy groups -OCH3 is 2. The van der Waals surface area contributed by atoms with Crippen molar-refractivity contribution in [2.24, 2.45) is 0 Å². The van der Waals surface area contributed by atoms with Gasteiger partial charge in [0.2, 0.25) is 0 Å². The molecule has 0 saturated carbocycles. The van der Waals surface area contributed by atoms with Gasteiger partial charge in [-0.05, 0) is 19.1 Å². The van der Waals surface area contributed by atoms with E-state index in [1.807, 2.05) is 0 Å². The summed E-state index contributed by atoms with van der Waals surface area (Å²) in [6.45, 7) is 1.93. The first-order valence-corrected chi connectivity index (χ1v) is 8.26. The maximum atomic E-state index is 13.9. The lowest BCUT2D eigenvalue weighted by Gasteiger charge is -2.15. The van der Waals surface area contributed by atoms with Crippen LogP contribution in [-0.4, -0.2) is 24.2 Å². The summed E-state index contributed by atoms with van der Waals surface area (Å²) >= 11 is 0. The van der Waals surface area contributed by atoms with Crippen molar-refractivity contribution in [2.75, 3.05) is 14.2 Å². The summed E-state index contributed by atoms with van der Waals surface area (Å²) in [6.07, 6.45) is 0. The summed E-state index contributed by atoms with van der Waals surface area (Å²) in [6, 6.07) is 6.20. The molecule has 0 amide bonds. The summed E-state index contributed by atoms with van der Waals surface area (Å²) in [4.78, 5) is 19.5. The molecule has 1 aromatic heterocycles. The van der Waals surface area contributed by atoms with Crippen LogP contribution in [0.3, 0.4) is 0 Å². The van der Waals surface area contributed by atoms with Crippen LogP contribution in [0.1, 0.15) is 24.4 Å². The van der Waals surface area contributed by atoms with E-state index >= 15 is 0 Å². The van der Waals surface area contributed by atoms with E-state index in [2.05, 4.69) is 15.3 Å². The molecule has 0 aliphatic rings. The van der Waals surface area contributed by atoms with Crippen molar-refractivity contribution in [3.63, 3.8) is 0 Å². The number of nitrogens with one attached hydrogen (secondary N) is 2. The van der Waals surface area contributed by atoms with Crippen LogP contribution in [0.2, 0.25) is 0 Å². The van der Waals surface area contributed by atoms with Gasteiger partial charge in [0.25, 0.3) is 5.56 Å². The average Bonchev–Trinajstić information content (AvgIpc) is 2.65. The molecule has 8 heteroatoms. The molecule has 2 aromatic carbocycles. The van der Waals surface area contributed by atoms with Gasteiger partial charge in [0.15, 0.2) is 11.5 Å². The maximum absolute atomic E-state index is 13.9. The number of ether oxygens (including phenoxy) is 2. The Morgan fingerprint density at radius 3 is 2.52 bits per heavy atom. The van der Waals surface area contributed by atoms with E-state index in [-0.39, 0.29) is 12.1 Å². The fourth-order valence-corrected chi connectivity index (χ4v) is 2.81. The fourth-order valence-electron chi connectivity index (χ4n) is 2.81. The highest BCUT2D eigenvalue weighted by Crippen LogP contribution is 2.29. The number of benzene rings is 2. The van der Waals surface area contributed by atoms with Gasteiger partial charge in [-0.3, -0.25) is 4.79 Å². The number of aromatic nitrogens is 2. The zero-order valence-electron chi connectivity index (χ0n) is 15.1. The van der Waals surface area contributed by atoms with Crippen LogP contribution >= 0.6 is 0 Å². The van der Waals surface area contributed by atoms with Crippen LogP contribution in [0, 0.1) is 11.6 Å². The van der Waals surface area contributed by atoms with Crippen molar-refractivity contribution in [1.29, 1.82) is 0 Å². The van der Waals surface area contributed by atoms with Crippen molar-refractivity contribution in [3.05, 3.63) is 63.7 Å². The molecule has 6 nitrogen and oxygen atoms in total. The van der Waals surface area contributed by atoms with Crippen molar-refractivity contribution < 1.29 is 18.3 Å². The normalized spacial score (nSPS) is 12.2. The second-order valence-electron chi connectivity index (χ2n) is 6.01. The summed E-state index contributed by atoms with van der Waals surface area (Å²) in [5.74, 6) is 0.0154. The fraction of sp³-hybridized carbons (Fsp3) is 0.263. The molecule has 0 aliphatic carbocycles. The molecule has 2 N–H and O–H groups in total. The quantitative estimate of drug-likeness (QED) is 0.693. The molecule has 0 aliphatic heterocycles. The molecular weight excluding hydrogens is 356 g/mol. The standard InChI is InChI=1S/C19H19F2N3O3/c1-10(12-5-4-11(20)6-14(12)21)22-9-18-23-15-8-17(27-3)16(26-2)7-13(15)19(25)24-18/h4-8,10,22H,9H2,1-3H3,(H,23,24,25)/t10-/m0/s1. The van der Waals surface area contributed by atoms with E-state index in [9.17, 15) is 13.6 Å². The number of rotatable bonds is 6. The average molecular weight is 375 g/mol. The molecule has 142 valence electrons. The summed E-state index contributed by atoms with van der Waals surface area (Å²) < 4.78 is 37.4. The molecule has 0 bridgehead atoms. The van der Waals surface area contributed by atoms with Gasteiger partial charge in [-0.2, -0.15) is 0 Å². The summed E-state index contributed by atoms with van der Waals surface area (Å²) in [7, 11) is 2.98. The Balaban J connectivity index is 1.85. The highest BCUT2D eigenvalue weighted by Gasteiger charge is 2.14. The first-order valence-electron chi connectivity index (χ1n) is 8.26. The van der Waals surface area contributed by atoms with Crippen LogP contribution in [-0.2, 0) is 6.54 Å². The third-order valence-corrected chi connectivity index (χ3v) is 4.26. The zero-order valence-corrected chi connectivity index (χ0v) is 15.1. The van der Waals surface area contributed by atoms with Gasteiger partial charge in [0.05, 0.1) is 31.7 Å². The molecule has 27 heavy (non-hydrogen) atoms. The van der Waals surface area contributed by atoms with E-state index < -0.39 is 17.7 Å². The minimum atomic E-state index is -0.633. The zero-order chi connectivity index (χ0) is 19.6. The Bertz CT molecular complexity index is 1040. The van der Waals surface area contributed by atoms with Crippen molar-refractivity contribution in [2.45, 2.75) is 19.5 Å². The largest absolute Gasteiger partial charge is 0.493 e. The number of halogens is 2. The van der Waals surface area contributed by atoms with E-state index in [0.29, 0.717) is 33.8 Å². The number of hydrogen-bond acceptors (Lipinski definition) is 5. The third-order valence-electron chi connectivity index (χ3n) is 4.26. The highest BCUT2D eigenvalue weighted by atomic mass is 19.1. The molecule has 3 rings (SSSR count). The molecule has 0 radical (unpaired) electrons. The lowest BCUT2D eigenvalue weighted by Crippen LogP contribution is -2.23. The third kappa shape index (κ3) is 3.90. The van der Waals surface area contributed by atoms with Crippen LogP contribution < -0.4 is 20.3 Å². The van der Waals surface area contributed by atoms with Gasteiger partial charge in [-0.15, -0.1) is 0 Å². The van der Waals surface area contributed by atoms with E-state index in [0.717, 1.165) is 6.07 Å². The lowest BCUT2D eigenvalue weighted by atomic mass is 10.1. The predicted molar refractivity (Wildman–Crippen MR) is 97.1 cm³/mol. The topological polar surface area (TPSA) is 76.2 Å². The predicted octanol–water partition coefficient (Wildman–Crippen LogP) is 3.07. The van der Waals surface area contributed by atoms with Crippen molar-refractivity contribution >= 4 is 10.9 Å². The maximum Gasteiger partial charge on any atom is 0.258 e. The van der Waals surface area contributed by atoms with Gasteiger partial charge in [0.1, 0.15) is 17.5 Å². The Morgan fingerprint density at radius 2 is 1.85 bits per heavy atom. The van der Waals surface area contributed by atoms with E-state index in [4.69, 9.17) is 9.47 Å². The summed E-state index contributed by atoms with van der Waals surface area (Å²) in [5.41, 5.74) is 0.457. The molecule has 0 saturated heterocycles. The lowest BCUT2D eigenvalue weighted by molar-refractivity contribution is 0.355. The number of H-pyrrole nitrogens is 1. The Kier molecular flexibility index (Phi) is 5.36. The van der Waals surface area contributed by atoms with Crippen LogP contribution in [0.4, 0.5) is 8.78 Å². The number of nitrogens with zero attached hydrogens (tertiary/aromatic N) is 1. The van der Waals surface area contributed by atoms with E-state index in [1.165, 1.54) is 26.4 Å². The minimum Gasteiger partial charge on any atom is -0.493 e. The Morgan fingerprint density at radius 1 is 1.15 bits per heavy atom. The molecule has 3 aromatic rings. The molecular formula is C19H19F2N3O3. The molecule has 0 unspecified atom stereocenters. The van der Waals surface area contributed by atoms with E-state index in [1.54, 1.807) is 19.1 Å². The minimum absolute atomic E-state index is 0.192. The van der Waals surface area contributed by atoms with Gasteiger partial charge in [-0.1, -0.05) is 6.07 Å². The smallest absolute Gasteiger partial charge is 0.258 e. The highest BCUT2D eigenvalue weighted by molar-refractivity contribution is 5.81. The van der Waals surface area contributed by atoms with Gasteiger partial charge in [-0.25, -0.2) is 13.8 Å². The Labute approximate surface area is 154 Å². The monoisotopic (exact) mass is 375 g/mol. The van der Waals surface area contributed by atoms with Crippen LogP contribution in [0.15, 0.2) is 35.1 Å². The number of aromatic amines is 1.